The average Bonchev–Trinajstić information content (AvgIpc) is 3.51. The van der Waals surface area contributed by atoms with Gasteiger partial charge in [0.25, 0.3) is 0 Å². The number of rotatable bonds is 5. The Hall–Kier alpha value is -6.44. The van der Waals surface area contributed by atoms with Crippen molar-refractivity contribution in [1.82, 2.24) is 0 Å². The molecular formula is C49H33N. The largest absolute Gasteiger partial charge is 0.310 e. The molecule has 1 aliphatic carbocycles. The number of fused-ring (bicyclic) bond motifs is 7. The maximum atomic E-state index is 2.49. The van der Waals surface area contributed by atoms with Crippen LogP contribution >= 0.6 is 0 Å². The Morgan fingerprint density at radius 3 is 1.44 bits per heavy atom. The van der Waals surface area contributed by atoms with Gasteiger partial charge in [-0.1, -0.05) is 170 Å². The molecule has 1 heteroatoms. The molecule has 0 amide bonds. The second-order valence-corrected chi connectivity index (χ2v) is 13.3. The molecule has 0 heterocycles. The fourth-order valence-electron chi connectivity index (χ4n) is 8.54. The van der Waals surface area contributed by atoms with Gasteiger partial charge in [0.2, 0.25) is 0 Å². The molecule has 0 radical (unpaired) electrons. The van der Waals surface area contributed by atoms with Crippen LogP contribution in [-0.2, 0) is 5.41 Å². The fourth-order valence-corrected chi connectivity index (χ4v) is 8.54. The van der Waals surface area contributed by atoms with E-state index in [0.717, 1.165) is 11.4 Å². The fraction of sp³-hybridized carbons (Fsp3) is 0.0204. The minimum Gasteiger partial charge on any atom is -0.310 e. The maximum absolute atomic E-state index is 2.49. The van der Waals surface area contributed by atoms with Gasteiger partial charge in [-0.05, 0) is 90.5 Å². The summed E-state index contributed by atoms with van der Waals surface area (Å²) in [5.74, 6) is 0. The van der Waals surface area contributed by atoms with E-state index < -0.39 is 5.41 Å². The lowest BCUT2D eigenvalue weighted by Crippen LogP contribution is -2.29. The molecule has 0 unspecified atom stereocenters. The topological polar surface area (TPSA) is 3.24 Å². The maximum Gasteiger partial charge on any atom is 0.0720 e. The molecule has 0 aromatic heterocycles. The van der Waals surface area contributed by atoms with Crippen molar-refractivity contribution in [3.63, 3.8) is 0 Å². The van der Waals surface area contributed by atoms with Crippen LogP contribution in [0.25, 0.3) is 43.4 Å². The zero-order valence-electron chi connectivity index (χ0n) is 27.5. The molecular weight excluding hydrogens is 603 g/mol. The Balaban J connectivity index is 1.38. The smallest absolute Gasteiger partial charge is 0.0720 e. The molecule has 234 valence electrons. The second kappa shape index (κ2) is 11.3. The minimum absolute atomic E-state index is 0.525. The van der Waals surface area contributed by atoms with Crippen LogP contribution in [0.4, 0.5) is 17.1 Å². The third kappa shape index (κ3) is 4.20. The van der Waals surface area contributed by atoms with E-state index in [1.807, 2.05) is 0 Å². The first-order valence-electron chi connectivity index (χ1n) is 17.4. The molecule has 0 saturated carbocycles. The second-order valence-electron chi connectivity index (χ2n) is 13.3. The Kier molecular flexibility index (Phi) is 6.47. The van der Waals surface area contributed by atoms with Crippen LogP contribution in [0.1, 0.15) is 22.3 Å². The molecule has 50 heavy (non-hydrogen) atoms. The van der Waals surface area contributed by atoms with E-state index in [1.54, 1.807) is 0 Å². The molecule has 9 aromatic carbocycles. The number of hydrogen-bond donors (Lipinski definition) is 0. The lowest BCUT2D eigenvalue weighted by atomic mass is 9.66. The number of hydrogen-bond acceptors (Lipinski definition) is 1. The molecule has 0 N–H and O–H groups in total. The van der Waals surface area contributed by atoms with Crippen molar-refractivity contribution in [2.75, 3.05) is 4.90 Å². The first kappa shape index (κ1) is 28.6. The highest BCUT2D eigenvalue weighted by Crippen LogP contribution is 2.61. The summed E-state index contributed by atoms with van der Waals surface area (Å²) in [5, 5.41) is 7.39. The van der Waals surface area contributed by atoms with Gasteiger partial charge in [0.05, 0.1) is 11.1 Å². The lowest BCUT2D eigenvalue weighted by Gasteiger charge is -2.35. The van der Waals surface area contributed by atoms with Gasteiger partial charge in [-0.25, -0.2) is 0 Å². The minimum atomic E-state index is -0.525. The molecule has 0 aliphatic heterocycles. The summed E-state index contributed by atoms with van der Waals surface area (Å²) in [6.45, 7) is 0. The zero-order valence-corrected chi connectivity index (χ0v) is 27.5. The van der Waals surface area contributed by atoms with E-state index in [0.29, 0.717) is 0 Å². The standard InChI is InChI=1S/C49H33N/c1-3-20-39(21-4-1)49(40-22-5-2-6-23-40)45-26-14-13-25-44(45)47-46(33-38-19-11-12-24-43(38)48(47)49)50(41-29-27-34-15-7-9-17-36(34)31-41)42-30-28-35-16-8-10-18-37(35)32-42/h1-33H. The first-order valence-corrected chi connectivity index (χ1v) is 17.4. The summed E-state index contributed by atoms with van der Waals surface area (Å²) >= 11 is 0. The van der Waals surface area contributed by atoms with Gasteiger partial charge in [-0.3, -0.25) is 0 Å². The van der Waals surface area contributed by atoms with E-state index in [9.17, 15) is 0 Å². The van der Waals surface area contributed by atoms with Gasteiger partial charge in [-0.15, -0.1) is 0 Å². The molecule has 0 atom stereocenters. The van der Waals surface area contributed by atoms with Crippen molar-refractivity contribution in [3.05, 3.63) is 222 Å². The summed E-state index contributed by atoms with van der Waals surface area (Å²) in [5.41, 5.74) is 10.6. The predicted octanol–water partition coefficient (Wildman–Crippen LogP) is 13.0. The Bertz CT molecular complexity index is 2590. The Morgan fingerprint density at radius 2 is 0.840 bits per heavy atom. The van der Waals surface area contributed by atoms with E-state index in [2.05, 4.69) is 205 Å². The summed E-state index contributed by atoms with van der Waals surface area (Å²) in [7, 11) is 0. The summed E-state index contributed by atoms with van der Waals surface area (Å²) in [4.78, 5) is 2.49. The van der Waals surface area contributed by atoms with E-state index in [4.69, 9.17) is 0 Å². The third-order valence-corrected chi connectivity index (χ3v) is 10.6. The normalized spacial score (nSPS) is 13.0. The van der Waals surface area contributed by atoms with Crippen LogP contribution in [0.15, 0.2) is 200 Å². The van der Waals surface area contributed by atoms with Crippen LogP contribution in [0.2, 0.25) is 0 Å². The van der Waals surface area contributed by atoms with Crippen molar-refractivity contribution < 1.29 is 0 Å². The van der Waals surface area contributed by atoms with Gasteiger partial charge in [0.1, 0.15) is 0 Å². The number of benzene rings is 9. The summed E-state index contributed by atoms with van der Waals surface area (Å²) < 4.78 is 0. The quantitative estimate of drug-likeness (QED) is 0.182. The lowest BCUT2D eigenvalue weighted by molar-refractivity contribution is 0.775. The zero-order chi connectivity index (χ0) is 33.1. The van der Waals surface area contributed by atoms with Gasteiger partial charge in [0, 0.05) is 16.9 Å². The highest BCUT2D eigenvalue weighted by molar-refractivity contribution is 6.08. The van der Waals surface area contributed by atoms with Crippen molar-refractivity contribution in [2.24, 2.45) is 0 Å². The SMILES string of the molecule is c1ccc(C2(c3ccccc3)c3ccccc3-c3c(N(c4ccc5ccccc5c4)c4ccc5ccccc5c4)cc4ccccc4c32)cc1. The Morgan fingerprint density at radius 1 is 0.360 bits per heavy atom. The molecule has 10 rings (SSSR count). The van der Waals surface area contributed by atoms with Crippen LogP contribution in [-0.4, -0.2) is 0 Å². The predicted molar refractivity (Wildman–Crippen MR) is 211 cm³/mol. The van der Waals surface area contributed by atoms with Crippen LogP contribution < -0.4 is 4.90 Å². The first-order chi connectivity index (χ1) is 24.8. The summed E-state index contributed by atoms with van der Waals surface area (Å²) in [6, 6.07) is 73.7. The highest BCUT2D eigenvalue weighted by atomic mass is 15.1. The molecule has 0 spiro atoms. The molecule has 0 fully saturated rings. The number of nitrogens with zero attached hydrogens (tertiary/aromatic N) is 1. The average molecular weight is 636 g/mol. The van der Waals surface area contributed by atoms with Crippen molar-refractivity contribution >= 4 is 49.4 Å². The van der Waals surface area contributed by atoms with Gasteiger partial charge in [-0.2, -0.15) is 0 Å². The van der Waals surface area contributed by atoms with Crippen molar-refractivity contribution in [1.29, 1.82) is 0 Å². The highest BCUT2D eigenvalue weighted by Gasteiger charge is 2.48. The van der Waals surface area contributed by atoms with Crippen LogP contribution in [0.5, 0.6) is 0 Å². The van der Waals surface area contributed by atoms with E-state index in [-0.39, 0.29) is 0 Å². The van der Waals surface area contributed by atoms with Crippen LogP contribution in [0.3, 0.4) is 0 Å². The van der Waals surface area contributed by atoms with Gasteiger partial charge in [0.15, 0.2) is 0 Å². The molecule has 0 saturated heterocycles. The molecule has 9 aromatic rings. The Labute approximate surface area is 292 Å². The molecule has 1 aliphatic rings. The van der Waals surface area contributed by atoms with Crippen LogP contribution in [0, 0.1) is 0 Å². The van der Waals surface area contributed by atoms with Gasteiger partial charge < -0.3 is 4.90 Å². The summed E-state index contributed by atoms with van der Waals surface area (Å²) in [6.07, 6.45) is 0. The molecule has 0 bridgehead atoms. The monoisotopic (exact) mass is 635 g/mol. The third-order valence-electron chi connectivity index (χ3n) is 10.6. The van der Waals surface area contributed by atoms with Crippen molar-refractivity contribution in [3.8, 4) is 11.1 Å². The molecule has 1 nitrogen and oxygen atoms in total. The van der Waals surface area contributed by atoms with Gasteiger partial charge >= 0.3 is 0 Å². The van der Waals surface area contributed by atoms with Crippen molar-refractivity contribution in [2.45, 2.75) is 5.41 Å². The number of anilines is 3. The van der Waals surface area contributed by atoms with E-state index >= 15 is 0 Å². The van der Waals surface area contributed by atoms with E-state index in [1.165, 1.54) is 71.4 Å².